The van der Waals surface area contributed by atoms with Gasteiger partial charge in [0.1, 0.15) is 0 Å². The van der Waals surface area contributed by atoms with E-state index in [1.165, 1.54) is 19.3 Å². The Balaban J connectivity index is 1.78. The van der Waals surface area contributed by atoms with E-state index in [0.29, 0.717) is 6.04 Å². The summed E-state index contributed by atoms with van der Waals surface area (Å²) in [5, 5.41) is 6.61. The standard InChI is InChI=1S/C15H29N3O/c1-12-4-3-5-14(7-6-12)17-15(19)13(2)18-10-8-16-9-11-18/h12-14,16H,3-11H2,1-2H3,(H,17,19). The van der Waals surface area contributed by atoms with Crippen LogP contribution < -0.4 is 10.6 Å². The first kappa shape index (κ1) is 14.8. The number of amides is 1. The van der Waals surface area contributed by atoms with Gasteiger partial charge in [-0.25, -0.2) is 0 Å². The molecule has 3 unspecified atom stereocenters. The van der Waals surface area contributed by atoms with Gasteiger partial charge in [0.15, 0.2) is 0 Å². The van der Waals surface area contributed by atoms with E-state index in [1.807, 2.05) is 6.92 Å². The molecule has 4 heteroatoms. The Morgan fingerprint density at radius 2 is 1.95 bits per heavy atom. The molecule has 0 aromatic carbocycles. The van der Waals surface area contributed by atoms with E-state index in [1.54, 1.807) is 0 Å². The summed E-state index contributed by atoms with van der Waals surface area (Å²) in [7, 11) is 0. The second kappa shape index (κ2) is 7.25. The molecule has 1 amide bonds. The quantitative estimate of drug-likeness (QED) is 0.759. The molecule has 110 valence electrons. The minimum absolute atomic E-state index is 0.0165. The minimum atomic E-state index is 0.0165. The first-order chi connectivity index (χ1) is 9.16. The molecule has 2 N–H and O–H groups in total. The Hall–Kier alpha value is -0.610. The molecule has 1 saturated heterocycles. The molecule has 0 bridgehead atoms. The van der Waals surface area contributed by atoms with Gasteiger partial charge in [0, 0.05) is 32.2 Å². The normalized spacial score (nSPS) is 31.5. The van der Waals surface area contributed by atoms with Gasteiger partial charge in [-0.2, -0.15) is 0 Å². The largest absolute Gasteiger partial charge is 0.352 e. The van der Waals surface area contributed by atoms with Gasteiger partial charge in [-0.05, 0) is 32.1 Å². The number of hydrogen-bond acceptors (Lipinski definition) is 3. The fourth-order valence-electron chi connectivity index (χ4n) is 3.19. The van der Waals surface area contributed by atoms with Crippen molar-refractivity contribution < 1.29 is 4.79 Å². The highest BCUT2D eigenvalue weighted by Gasteiger charge is 2.25. The van der Waals surface area contributed by atoms with Crippen LogP contribution in [0.15, 0.2) is 0 Å². The van der Waals surface area contributed by atoms with Crippen LogP contribution in [0.1, 0.15) is 46.0 Å². The molecule has 1 aliphatic heterocycles. The Morgan fingerprint density at radius 3 is 2.68 bits per heavy atom. The monoisotopic (exact) mass is 267 g/mol. The summed E-state index contributed by atoms with van der Waals surface area (Å²) < 4.78 is 0. The molecule has 2 fully saturated rings. The number of carbonyl (C=O) groups excluding carboxylic acids is 1. The number of nitrogens with zero attached hydrogens (tertiary/aromatic N) is 1. The van der Waals surface area contributed by atoms with Crippen LogP contribution in [0.4, 0.5) is 0 Å². The van der Waals surface area contributed by atoms with Gasteiger partial charge in [0.05, 0.1) is 6.04 Å². The molecule has 3 atom stereocenters. The highest BCUT2D eigenvalue weighted by Crippen LogP contribution is 2.22. The van der Waals surface area contributed by atoms with Crippen molar-refractivity contribution in [3.05, 3.63) is 0 Å². The number of hydrogen-bond donors (Lipinski definition) is 2. The van der Waals surface area contributed by atoms with Crippen molar-refractivity contribution in [2.45, 2.75) is 58.0 Å². The molecular formula is C15H29N3O. The highest BCUT2D eigenvalue weighted by molar-refractivity contribution is 5.81. The Kier molecular flexibility index (Phi) is 5.64. The molecule has 2 aliphatic rings. The number of carbonyl (C=O) groups is 1. The minimum Gasteiger partial charge on any atom is -0.352 e. The van der Waals surface area contributed by atoms with Crippen LogP contribution in [0, 0.1) is 5.92 Å². The lowest BCUT2D eigenvalue weighted by Crippen LogP contribution is -2.54. The second-order valence-electron chi connectivity index (χ2n) is 6.28. The number of nitrogens with one attached hydrogen (secondary N) is 2. The van der Waals surface area contributed by atoms with Gasteiger partial charge in [0.2, 0.25) is 5.91 Å². The fourth-order valence-corrected chi connectivity index (χ4v) is 3.19. The van der Waals surface area contributed by atoms with Gasteiger partial charge < -0.3 is 10.6 Å². The van der Waals surface area contributed by atoms with E-state index < -0.39 is 0 Å². The molecule has 19 heavy (non-hydrogen) atoms. The lowest BCUT2D eigenvalue weighted by molar-refractivity contribution is -0.126. The van der Waals surface area contributed by atoms with Crippen molar-refractivity contribution in [1.82, 2.24) is 15.5 Å². The van der Waals surface area contributed by atoms with Crippen LogP contribution in [0.3, 0.4) is 0 Å². The lowest BCUT2D eigenvalue weighted by atomic mass is 10.0. The maximum absolute atomic E-state index is 12.3. The predicted octanol–water partition coefficient (Wildman–Crippen LogP) is 1.37. The number of piperazine rings is 1. The summed E-state index contributed by atoms with van der Waals surface area (Å²) in [5.74, 6) is 1.05. The molecule has 1 aliphatic carbocycles. The summed E-state index contributed by atoms with van der Waals surface area (Å²) >= 11 is 0. The molecule has 0 radical (unpaired) electrons. The molecule has 0 aromatic heterocycles. The SMILES string of the molecule is CC1CCCC(NC(=O)C(C)N2CCNCC2)CC1. The molecule has 1 heterocycles. The van der Waals surface area contributed by atoms with E-state index >= 15 is 0 Å². The van der Waals surface area contributed by atoms with Crippen molar-refractivity contribution in [1.29, 1.82) is 0 Å². The molecule has 0 aromatic rings. The Morgan fingerprint density at radius 1 is 1.21 bits per heavy atom. The zero-order chi connectivity index (χ0) is 13.7. The van der Waals surface area contributed by atoms with Crippen LogP contribution >= 0.6 is 0 Å². The van der Waals surface area contributed by atoms with Crippen molar-refractivity contribution >= 4 is 5.91 Å². The summed E-state index contributed by atoms with van der Waals surface area (Å²) in [6.07, 6.45) is 6.15. The van der Waals surface area contributed by atoms with Crippen LogP contribution in [-0.2, 0) is 4.79 Å². The molecule has 0 spiro atoms. The van der Waals surface area contributed by atoms with Crippen molar-refractivity contribution in [2.75, 3.05) is 26.2 Å². The first-order valence-corrected chi connectivity index (χ1v) is 7.92. The number of rotatable bonds is 3. The van der Waals surface area contributed by atoms with E-state index in [-0.39, 0.29) is 11.9 Å². The van der Waals surface area contributed by atoms with E-state index in [9.17, 15) is 4.79 Å². The van der Waals surface area contributed by atoms with Crippen LogP contribution in [0.2, 0.25) is 0 Å². The van der Waals surface area contributed by atoms with Crippen molar-refractivity contribution in [3.63, 3.8) is 0 Å². The summed E-state index contributed by atoms with van der Waals surface area (Å²) in [4.78, 5) is 14.6. The van der Waals surface area contributed by atoms with Gasteiger partial charge in [0.25, 0.3) is 0 Å². The summed E-state index contributed by atoms with van der Waals surface area (Å²) in [6.45, 7) is 8.33. The summed E-state index contributed by atoms with van der Waals surface area (Å²) in [5.41, 5.74) is 0. The highest BCUT2D eigenvalue weighted by atomic mass is 16.2. The van der Waals surface area contributed by atoms with Gasteiger partial charge >= 0.3 is 0 Å². The van der Waals surface area contributed by atoms with Gasteiger partial charge in [-0.3, -0.25) is 9.69 Å². The third kappa shape index (κ3) is 4.46. The van der Waals surface area contributed by atoms with Crippen LogP contribution in [0.25, 0.3) is 0 Å². The average molecular weight is 267 g/mol. The topological polar surface area (TPSA) is 44.4 Å². The van der Waals surface area contributed by atoms with E-state index in [4.69, 9.17) is 0 Å². The molecule has 2 rings (SSSR count). The smallest absolute Gasteiger partial charge is 0.237 e. The second-order valence-corrected chi connectivity index (χ2v) is 6.28. The van der Waals surface area contributed by atoms with Crippen molar-refractivity contribution in [2.24, 2.45) is 5.92 Å². The fraction of sp³-hybridized carbons (Fsp3) is 0.933. The van der Waals surface area contributed by atoms with Crippen LogP contribution in [0.5, 0.6) is 0 Å². The van der Waals surface area contributed by atoms with Gasteiger partial charge in [-0.1, -0.05) is 19.8 Å². The third-order valence-corrected chi connectivity index (χ3v) is 4.68. The zero-order valence-electron chi connectivity index (χ0n) is 12.5. The first-order valence-electron chi connectivity index (χ1n) is 7.92. The van der Waals surface area contributed by atoms with Crippen molar-refractivity contribution in [3.8, 4) is 0 Å². The average Bonchev–Trinajstić information content (AvgIpc) is 2.64. The zero-order valence-corrected chi connectivity index (χ0v) is 12.5. The summed E-state index contributed by atoms with van der Waals surface area (Å²) in [6, 6.07) is 0.422. The third-order valence-electron chi connectivity index (χ3n) is 4.68. The van der Waals surface area contributed by atoms with Gasteiger partial charge in [-0.15, -0.1) is 0 Å². The Bertz CT molecular complexity index is 289. The van der Waals surface area contributed by atoms with E-state index in [0.717, 1.165) is 44.9 Å². The molecule has 1 saturated carbocycles. The molecular weight excluding hydrogens is 238 g/mol. The van der Waals surface area contributed by atoms with Crippen LogP contribution in [-0.4, -0.2) is 49.1 Å². The molecule has 4 nitrogen and oxygen atoms in total. The maximum Gasteiger partial charge on any atom is 0.237 e. The Labute approximate surface area is 117 Å². The lowest BCUT2D eigenvalue weighted by Gasteiger charge is -2.32. The maximum atomic E-state index is 12.3. The predicted molar refractivity (Wildman–Crippen MR) is 78.1 cm³/mol. The van der Waals surface area contributed by atoms with E-state index in [2.05, 4.69) is 22.5 Å².